The lowest BCUT2D eigenvalue weighted by molar-refractivity contribution is -0.274. The van der Waals surface area contributed by atoms with Gasteiger partial charge in [-0.25, -0.2) is 4.99 Å². The van der Waals surface area contributed by atoms with Crippen molar-refractivity contribution in [2.75, 3.05) is 17.2 Å². The number of carbonyl (C=O) groups is 1. The summed E-state index contributed by atoms with van der Waals surface area (Å²) in [5.41, 5.74) is 6.66. The fourth-order valence-electron chi connectivity index (χ4n) is 2.01. The maximum absolute atomic E-state index is 12.4. The molecule has 10 heteroatoms. The van der Waals surface area contributed by atoms with E-state index in [1.165, 1.54) is 18.2 Å². The van der Waals surface area contributed by atoms with Gasteiger partial charge in [0.2, 0.25) is 5.91 Å². The second-order valence-electron chi connectivity index (χ2n) is 5.14. The van der Waals surface area contributed by atoms with Gasteiger partial charge in [0.1, 0.15) is 6.54 Å². The number of benzene rings is 2. The van der Waals surface area contributed by atoms with Gasteiger partial charge in [-0.05, 0) is 30.3 Å². The van der Waals surface area contributed by atoms with E-state index in [-0.39, 0.29) is 42.2 Å². The van der Waals surface area contributed by atoms with Crippen molar-refractivity contribution in [3.8, 4) is 18.1 Å². The molecular weight excluding hydrogens is 488 g/mol. The molecule has 0 aliphatic carbocycles. The molecule has 0 bridgehead atoms. The molecular formula is C18H16F3IN4O2. The van der Waals surface area contributed by atoms with E-state index in [1.54, 1.807) is 24.3 Å². The number of nitrogens with one attached hydrogen (secondary N) is 2. The molecule has 1 amide bonds. The Labute approximate surface area is 176 Å². The maximum atomic E-state index is 12.4. The number of rotatable bonds is 5. The molecule has 0 unspecified atom stereocenters. The van der Waals surface area contributed by atoms with Crippen molar-refractivity contribution in [2.24, 2.45) is 10.7 Å². The van der Waals surface area contributed by atoms with Crippen LogP contribution in [0.2, 0.25) is 0 Å². The number of halogens is 4. The number of nitrogens with two attached hydrogens (primary N) is 1. The summed E-state index contributed by atoms with van der Waals surface area (Å²) < 4.78 is 41.1. The molecule has 0 atom stereocenters. The monoisotopic (exact) mass is 504 g/mol. The van der Waals surface area contributed by atoms with E-state index in [9.17, 15) is 18.0 Å². The molecule has 6 nitrogen and oxygen atoms in total. The summed E-state index contributed by atoms with van der Waals surface area (Å²) in [4.78, 5) is 15.7. The Bertz CT molecular complexity index is 895. The van der Waals surface area contributed by atoms with E-state index >= 15 is 0 Å². The van der Waals surface area contributed by atoms with Gasteiger partial charge in [0.15, 0.2) is 11.7 Å². The number of nitrogens with zero attached hydrogens (tertiary/aromatic N) is 1. The van der Waals surface area contributed by atoms with Gasteiger partial charge >= 0.3 is 6.36 Å². The van der Waals surface area contributed by atoms with Gasteiger partial charge in [-0.1, -0.05) is 24.1 Å². The minimum absolute atomic E-state index is 0. The lowest BCUT2D eigenvalue weighted by atomic mass is 10.2. The largest absolute Gasteiger partial charge is 0.573 e. The molecule has 2 aromatic rings. The first-order chi connectivity index (χ1) is 12.8. The Morgan fingerprint density at radius 1 is 1.18 bits per heavy atom. The molecule has 0 aliphatic heterocycles. The molecule has 148 valence electrons. The minimum Gasteiger partial charge on any atom is -0.404 e. The number of ether oxygens (including phenoxy) is 1. The van der Waals surface area contributed by atoms with Crippen molar-refractivity contribution >= 4 is 47.2 Å². The Balaban J connectivity index is 0.00000392. The molecule has 0 aromatic heterocycles. The van der Waals surface area contributed by atoms with E-state index in [1.807, 2.05) is 0 Å². The SMILES string of the molecule is C#Cc1cccc(NC(=O)CN=C(N)Nc2ccccc2OC(F)(F)F)c1.I. The number of para-hydroxylation sites is 2. The summed E-state index contributed by atoms with van der Waals surface area (Å²) in [6.45, 7) is -0.346. The molecule has 0 aliphatic rings. The number of hydrogen-bond donors (Lipinski definition) is 3. The van der Waals surface area contributed by atoms with Crippen LogP contribution in [-0.2, 0) is 4.79 Å². The second kappa shape index (κ2) is 10.4. The zero-order chi connectivity index (χ0) is 19.9. The van der Waals surface area contributed by atoms with Gasteiger partial charge in [0.25, 0.3) is 0 Å². The molecule has 0 spiro atoms. The van der Waals surface area contributed by atoms with Crippen molar-refractivity contribution in [1.29, 1.82) is 0 Å². The number of aliphatic imine (C=N–C) groups is 1. The average molecular weight is 504 g/mol. The van der Waals surface area contributed by atoms with Crippen LogP contribution in [0.25, 0.3) is 0 Å². The van der Waals surface area contributed by atoms with E-state index in [2.05, 4.69) is 26.3 Å². The lowest BCUT2D eigenvalue weighted by Crippen LogP contribution is -2.26. The molecule has 0 radical (unpaired) electrons. The maximum Gasteiger partial charge on any atom is 0.573 e. The molecule has 0 saturated carbocycles. The van der Waals surface area contributed by atoms with Gasteiger partial charge in [-0.15, -0.1) is 43.6 Å². The molecule has 0 fully saturated rings. The van der Waals surface area contributed by atoms with Crippen molar-refractivity contribution in [2.45, 2.75) is 6.36 Å². The number of terminal acetylenes is 1. The summed E-state index contributed by atoms with van der Waals surface area (Å²) >= 11 is 0. The van der Waals surface area contributed by atoms with Crippen LogP contribution in [-0.4, -0.2) is 24.8 Å². The van der Waals surface area contributed by atoms with Gasteiger partial charge in [0.05, 0.1) is 5.69 Å². The third kappa shape index (κ3) is 7.75. The minimum atomic E-state index is -4.85. The summed E-state index contributed by atoms with van der Waals surface area (Å²) in [7, 11) is 0. The average Bonchev–Trinajstić information content (AvgIpc) is 2.60. The van der Waals surface area contributed by atoms with Crippen LogP contribution in [0.1, 0.15) is 5.56 Å². The van der Waals surface area contributed by atoms with Crippen LogP contribution in [0.3, 0.4) is 0 Å². The first-order valence-electron chi connectivity index (χ1n) is 7.55. The van der Waals surface area contributed by atoms with Gasteiger partial charge in [-0.2, -0.15) is 0 Å². The summed E-state index contributed by atoms with van der Waals surface area (Å²) in [5, 5.41) is 5.05. The van der Waals surface area contributed by atoms with E-state index in [4.69, 9.17) is 12.2 Å². The molecule has 2 aromatic carbocycles. The van der Waals surface area contributed by atoms with Crippen molar-refractivity contribution in [3.63, 3.8) is 0 Å². The predicted octanol–water partition coefficient (Wildman–Crippen LogP) is 3.55. The fourth-order valence-corrected chi connectivity index (χ4v) is 2.01. The van der Waals surface area contributed by atoms with Crippen LogP contribution in [0.15, 0.2) is 53.5 Å². The Morgan fingerprint density at radius 3 is 2.57 bits per heavy atom. The first-order valence-corrected chi connectivity index (χ1v) is 7.55. The molecule has 0 saturated heterocycles. The van der Waals surface area contributed by atoms with Crippen LogP contribution in [0.4, 0.5) is 24.5 Å². The number of guanidine groups is 1. The Morgan fingerprint density at radius 2 is 1.89 bits per heavy atom. The number of amides is 1. The third-order valence-corrected chi connectivity index (χ3v) is 3.08. The van der Waals surface area contributed by atoms with Crippen molar-refractivity contribution in [1.82, 2.24) is 0 Å². The molecule has 2 rings (SSSR count). The van der Waals surface area contributed by atoms with Crippen LogP contribution in [0, 0.1) is 12.3 Å². The van der Waals surface area contributed by atoms with E-state index < -0.39 is 18.0 Å². The zero-order valence-electron chi connectivity index (χ0n) is 14.3. The third-order valence-electron chi connectivity index (χ3n) is 3.08. The lowest BCUT2D eigenvalue weighted by Gasteiger charge is -2.14. The number of hydrogen-bond acceptors (Lipinski definition) is 3. The Hall–Kier alpha value is -2.94. The van der Waals surface area contributed by atoms with E-state index in [0.717, 1.165) is 6.07 Å². The van der Waals surface area contributed by atoms with Gasteiger partial charge in [0, 0.05) is 11.3 Å². The fraction of sp³-hybridized carbons (Fsp3) is 0.111. The molecule has 4 N–H and O–H groups in total. The number of carbonyl (C=O) groups excluding carboxylic acids is 1. The highest BCUT2D eigenvalue weighted by atomic mass is 127. The van der Waals surface area contributed by atoms with Crippen molar-refractivity contribution in [3.05, 3.63) is 54.1 Å². The summed E-state index contributed by atoms with van der Waals surface area (Å²) in [6.07, 6.45) is 0.431. The summed E-state index contributed by atoms with van der Waals surface area (Å²) in [6, 6.07) is 11.9. The zero-order valence-corrected chi connectivity index (χ0v) is 16.6. The van der Waals surface area contributed by atoms with Crippen LogP contribution in [0.5, 0.6) is 5.75 Å². The standard InChI is InChI=1S/C18H15F3N4O2.HI/c1-2-12-6-5-7-13(10-12)24-16(26)11-23-17(22)25-14-8-3-4-9-15(14)27-18(19,20)21;/h1,3-10H,11H2,(H,24,26)(H3,22,23,25);1H. The first kappa shape index (κ1) is 23.1. The number of anilines is 2. The van der Waals surface area contributed by atoms with Crippen LogP contribution < -0.4 is 21.1 Å². The molecule has 28 heavy (non-hydrogen) atoms. The highest BCUT2D eigenvalue weighted by Gasteiger charge is 2.32. The van der Waals surface area contributed by atoms with Gasteiger partial charge in [-0.3, -0.25) is 4.79 Å². The van der Waals surface area contributed by atoms with Crippen molar-refractivity contribution < 1.29 is 22.7 Å². The van der Waals surface area contributed by atoms with Crippen LogP contribution >= 0.6 is 24.0 Å². The summed E-state index contributed by atoms with van der Waals surface area (Å²) in [5.74, 6) is 1.24. The molecule has 0 heterocycles. The Kier molecular flexibility index (Phi) is 8.59. The highest BCUT2D eigenvalue weighted by molar-refractivity contribution is 14.0. The second-order valence-corrected chi connectivity index (χ2v) is 5.14. The van der Waals surface area contributed by atoms with E-state index in [0.29, 0.717) is 11.3 Å². The van der Waals surface area contributed by atoms with Gasteiger partial charge < -0.3 is 21.1 Å². The number of alkyl halides is 3. The smallest absolute Gasteiger partial charge is 0.404 e. The quantitative estimate of drug-likeness (QED) is 0.252. The highest BCUT2D eigenvalue weighted by Crippen LogP contribution is 2.29. The topological polar surface area (TPSA) is 88.7 Å². The normalized spacial score (nSPS) is 11.0. The predicted molar refractivity (Wildman–Crippen MR) is 112 cm³/mol.